The topological polar surface area (TPSA) is 45.4 Å². The summed E-state index contributed by atoms with van der Waals surface area (Å²) in [6, 6.07) is 1.50. The number of nitrogens with two attached hydrogens (primary N) is 1. The summed E-state index contributed by atoms with van der Waals surface area (Å²) in [7, 11) is 2.28. The summed E-state index contributed by atoms with van der Waals surface area (Å²) in [6.07, 6.45) is 3.98. The lowest BCUT2D eigenvalue weighted by atomic mass is 10.1. The maximum Gasteiger partial charge on any atom is 0.142 e. The Labute approximate surface area is 107 Å². The number of nitrogens with zero attached hydrogens (tertiary/aromatic N) is 3. The minimum Gasteiger partial charge on any atom is -0.383 e. The fourth-order valence-electron chi connectivity index (χ4n) is 3.13. The predicted molar refractivity (Wildman–Crippen MR) is 72.7 cm³/mol. The number of nitrogen functional groups attached to an aromatic ring is 1. The largest absolute Gasteiger partial charge is 0.383 e. The smallest absolute Gasteiger partial charge is 0.142 e. The normalized spacial score (nSPS) is 29.6. The van der Waals surface area contributed by atoms with Gasteiger partial charge in [-0.15, -0.1) is 0 Å². The SMILES string of the molecule is Cc1c(N)nsc1N1CCC2CCC(C1)N2C. The molecule has 3 heterocycles. The van der Waals surface area contributed by atoms with Crippen LogP contribution in [0, 0.1) is 6.92 Å². The molecule has 0 spiro atoms. The molecule has 5 heteroatoms. The van der Waals surface area contributed by atoms with Crippen molar-refractivity contribution in [2.24, 2.45) is 0 Å². The number of anilines is 2. The average Bonchev–Trinajstić information content (AvgIpc) is 2.72. The third kappa shape index (κ3) is 1.81. The molecule has 2 N–H and O–H groups in total. The molecule has 1 aromatic rings. The van der Waals surface area contributed by atoms with Gasteiger partial charge >= 0.3 is 0 Å². The fraction of sp³-hybridized carbons (Fsp3) is 0.750. The van der Waals surface area contributed by atoms with E-state index in [0.29, 0.717) is 11.9 Å². The van der Waals surface area contributed by atoms with Crippen LogP contribution in [0.3, 0.4) is 0 Å². The molecular formula is C12H20N4S. The Hall–Kier alpha value is -0.810. The van der Waals surface area contributed by atoms with Crippen molar-refractivity contribution in [3.05, 3.63) is 5.56 Å². The van der Waals surface area contributed by atoms with E-state index in [4.69, 9.17) is 5.73 Å². The van der Waals surface area contributed by atoms with E-state index in [1.54, 1.807) is 11.5 Å². The van der Waals surface area contributed by atoms with Crippen molar-refractivity contribution >= 4 is 22.4 Å². The second-order valence-corrected chi connectivity index (χ2v) is 6.03. The second-order valence-electron chi connectivity index (χ2n) is 5.28. The van der Waals surface area contributed by atoms with Gasteiger partial charge in [-0.3, -0.25) is 4.90 Å². The molecule has 0 aliphatic carbocycles. The second kappa shape index (κ2) is 4.14. The Kier molecular flexibility index (Phi) is 2.75. The van der Waals surface area contributed by atoms with Gasteiger partial charge in [0.05, 0.1) is 0 Å². The van der Waals surface area contributed by atoms with Crippen LogP contribution in [0.1, 0.15) is 24.8 Å². The van der Waals surface area contributed by atoms with Crippen molar-refractivity contribution < 1.29 is 0 Å². The van der Waals surface area contributed by atoms with E-state index in [0.717, 1.165) is 24.7 Å². The summed E-state index contributed by atoms with van der Waals surface area (Å²) in [6.45, 7) is 4.37. The molecule has 0 radical (unpaired) electrons. The molecule has 2 fully saturated rings. The molecule has 0 amide bonds. The van der Waals surface area contributed by atoms with Crippen LogP contribution >= 0.6 is 11.5 Å². The first-order valence-electron chi connectivity index (χ1n) is 6.35. The molecule has 4 nitrogen and oxygen atoms in total. The van der Waals surface area contributed by atoms with Crippen LogP contribution in [0.5, 0.6) is 0 Å². The highest BCUT2D eigenvalue weighted by Gasteiger charge is 2.35. The van der Waals surface area contributed by atoms with Crippen molar-refractivity contribution in [3.8, 4) is 0 Å². The number of aromatic nitrogens is 1. The zero-order chi connectivity index (χ0) is 12.0. The highest BCUT2D eigenvalue weighted by molar-refractivity contribution is 7.10. The van der Waals surface area contributed by atoms with Crippen LogP contribution in [0.4, 0.5) is 10.8 Å². The van der Waals surface area contributed by atoms with E-state index in [1.165, 1.54) is 24.3 Å². The number of fused-ring (bicyclic) bond motifs is 2. The van der Waals surface area contributed by atoms with Crippen LogP contribution in [-0.2, 0) is 0 Å². The summed E-state index contributed by atoms with van der Waals surface area (Å²) >= 11 is 1.55. The summed E-state index contributed by atoms with van der Waals surface area (Å²) in [5, 5.41) is 1.28. The molecule has 1 aromatic heterocycles. The summed E-state index contributed by atoms with van der Waals surface area (Å²) in [4.78, 5) is 5.06. The maximum absolute atomic E-state index is 5.85. The zero-order valence-corrected chi connectivity index (χ0v) is 11.3. The molecule has 2 aliphatic heterocycles. The van der Waals surface area contributed by atoms with E-state index < -0.39 is 0 Å². The Morgan fingerprint density at radius 1 is 1.29 bits per heavy atom. The first kappa shape index (κ1) is 11.3. The maximum atomic E-state index is 5.85. The highest BCUT2D eigenvalue weighted by atomic mass is 32.1. The molecule has 94 valence electrons. The van der Waals surface area contributed by atoms with Gasteiger partial charge in [0, 0.05) is 30.7 Å². The van der Waals surface area contributed by atoms with Gasteiger partial charge < -0.3 is 10.6 Å². The standard InChI is InChI=1S/C12H20N4S/c1-8-11(13)14-17-12(8)16-6-5-9-3-4-10(7-16)15(9)2/h9-10H,3-7H2,1-2H3,(H2,13,14). The van der Waals surface area contributed by atoms with Gasteiger partial charge in [0.1, 0.15) is 10.8 Å². The lowest BCUT2D eigenvalue weighted by Crippen LogP contribution is -2.36. The van der Waals surface area contributed by atoms with Crippen LogP contribution in [-0.4, -0.2) is 41.5 Å². The molecule has 0 saturated carbocycles. The third-order valence-electron chi connectivity index (χ3n) is 4.37. The minimum absolute atomic E-state index is 0.702. The minimum atomic E-state index is 0.702. The van der Waals surface area contributed by atoms with E-state index in [1.807, 2.05) is 0 Å². The molecule has 3 rings (SSSR count). The Bertz CT molecular complexity index is 417. The molecule has 2 aliphatic rings. The Morgan fingerprint density at radius 2 is 2.06 bits per heavy atom. The number of hydrogen-bond donors (Lipinski definition) is 1. The molecule has 0 aromatic carbocycles. The fourth-order valence-corrected chi connectivity index (χ4v) is 3.97. The monoisotopic (exact) mass is 252 g/mol. The van der Waals surface area contributed by atoms with Gasteiger partial charge in [0.2, 0.25) is 0 Å². The Morgan fingerprint density at radius 3 is 2.76 bits per heavy atom. The number of rotatable bonds is 1. The molecule has 2 unspecified atom stereocenters. The number of likely N-dealkylation sites (N-methyl/N-ethyl adjacent to an activating group) is 1. The molecule has 2 saturated heterocycles. The van der Waals surface area contributed by atoms with E-state index in [9.17, 15) is 0 Å². The van der Waals surface area contributed by atoms with Gasteiger partial charge in [-0.2, -0.15) is 4.37 Å². The lowest BCUT2D eigenvalue weighted by Gasteiger charge is -2.26. The quantitative estimate of drug-likeness (QED) is 0.826. The van der Waals surface area contributed by atoms with Crippen LogP contribution in [0.15, 0.2) is 0 Å². The summed E-state index contributed by atoms with van der Waals surface area (Å²) in [5.74, 6) is 0.702. The molecule has 2 atom stereocenters. The van der Waals surface area contributed by atoms with Gasteiger partial charge in [-0.05, 0) is 44.8 Å². The van der Waals surface area contributed by atoms with Gasteiger partial charge in [0.15, 0.2) is 0 Å². The van der Waals surface area contributed by atoms with Gasteiger partial charge in [-0.25, -0.2) is 0 Å². The highest BCUT2D eigenvalue weighted by Crippen LogP contribution is 2.35. The predicted octanol–water partition coefficient (Wildman–Crippen LogP) is 1.71. The van der Waals surface area contributed by atoms with Crippen molar-refractivity contribution in [3.63, 3.8) is 0 Å². The van der Waals surface area contributed by atoms with Gasteiger partial charge in [0.25, 0.3) is 0 Å². The van der Waals surface area contributed by atoms with Gasteiger partial charge in [-0.1, -0.05) is 0 Å². The van der Waals surface area contributed by atoms with Crippen molar-refractivity contribution in [2.75, 3.05) is 30.8 Å². The third-order valence-corrected chi connectivity index (χ3v) is 5.40. The Balaban J connectivity index is 1.84. The van der Waals surface area contributed by atoms with E-state index >= 15 is 0 Å². The van der Waals surface area contributed by atoms with Crippen molar-refractivity contribution in [2.45, 2.75) is 38.3 Å². The average molecular weight is 252 g/mol. The van der Waals surface area contributed by atoms with Crippen molar-refractivity contribution in [1.82, 2.24) is 9.27 Å². The summed E-state index contributed by atoms with van der Waals surface area (Å²) in [5.41, 5.74) is 7.01. The first-order chi connectivity index (χ1) is 8.16. The first-order valence-corrected chi connectivity index (χ1v) is 7.13. The molecule has 17 heavy (non-hydrogen) atoms. The van der Waals surface area contributed by atoms with Crippen LogP contribution in [0.2, 0.25) is 0 Å². The molecule has 2 bridgehead atoms. The lowest BCUT2D eigenvalue weighted by molar-refractivity contribution is 0.254. The summed E-state index contributed by atoms with van der Waals surface area (Å²) < 4.78 is 4.27. The van der Waals surface area contributed by atoms with E-state index in [-0.39, 0.29) is 0 Å². The zero-order valence-electron chi connectivity index (χ0n) is 10.5. The number of hydrogen-bond acceptors (Lipinski definition) is 5. The van der Waals surface area contributed by atoms with Crippen LogP contribution in [0.25, 0.3) is 0 Å². The molecular weight excluding hydrogens is 232 g/mol. The van der Waals surface area contributed by atoms with Crippen LogP contribution < -0.4 is 10.6 Å². The van der Waals surface area contributed by atoms with E-state index in [2.05, 4.69) is 28.1 Å². The van der Waals surface area contributed by atoms with Crippen molar-refractivity contribution in [1.29, 1.82) is 0 Å².